The van der Waals surface area contributed by atoms with Gasteiger partial charge in [-0.2, -0.15) is 0 Å². The van der Waals surface area contributed by atoms with E-state index >= 15 is 0 Å². The number of benzene rings is 1. The highest BCUT2D eigenvalue weighted by atomic mass is 19.1. The van der Waals surface area contributed by atoms with Crippen molar-refractivity contribution < 1.29 is 23.0 Å². The largest absolute Gasteiger partial charge is 0.484 e. The third-order valence-electron chi connectivity index (χ3n) is 4.62. The summed E-state index contributed by atoms with van der Waals surface area (Å²) in [6.45, 7) is 2.66. The van der Waals surface area contributed by atoms with Crippen LogP contribution in [0.5, 0.6) is 5.75 Å². The zero-order valence-corrected chi connectivity index (χ0v) is 13.0. The van der Waals surface area contributed by atoms with Gasteiger partial charge in [-0.3, -0.25) is 4.79 Å². The Bertz CT molecular complexity index is 547. The molecule has 1 atom stereocenters. The van der Waals surface area contributed by atoms with Crippen molar-refractivity contribution in [1.82, 2.24) is 4.90 Å². The number of rotatable bonds is 3. The maximum Gasteiger partial charge on any atom is 0.260 e. The zero-order chi connectivity index (χ0) is 16.3. The molecular formula is C17H21F2NO3. The maximum absolute atomic E-state index is 13.1. The zero-order valence-electron chi connectivity index (χ0n) is 13.0. The highest BCUT2D eigenvalue weighted by molar-refractivity contribution is 5.78. The van der Waals surface area contributed by atoms with E-state index in [1.165, 1.54) is 0 Å². The number of piperidine rings is 1. The second-order valence-corrected chi connectivity index (χ2v) is 6.47. The minimum Gasteiger partial charge on any atom is -0.484 e. The predicted octanol–water partition coefficient (Wildman–Crippen LogP) is 2.76. The van der Waals surface area contributed by atoms with Crippen LogP contribution >= 0.6 is 0 Å². The lowest BCUT2D eigenvalue weighted by Gasteiger charge is -2.44. The first-order valence-electron chi connectivity index (χ1n) is 8.01. The van der Waals surface area contributed by atoms with Gasteiger partial charge >= 0.3 is 0 Å². The van der Waals surface area contributed by atoms with Crippen molar-refractivity contribution in [2.45, 2.75) is 25.7 Å². The molecular weight excluding hydrogens is 304 g/mol. The van der Waals surface area contributed by atoms with E-state index in [2.05, 4.69) is 0 Å². The molecule has 126 valence electrons. The van der Waals surface area contributed by atoms with Gasteiger partial charge in [-0.25, -0.2) is 8.78 Å². The Morgan fingerprint density at radius 3 is 2.65 bits per heavy atom. The van der Waals surface area contributed by atoms with Gasteiger partial charge in [-0.05, 0) is 25.7 Å². The molecule has 0 aliphatic carbocycles. The molecule has 0 radical (unpaired) electrons. The lowest BCUT2D eigenvalue weighted by Crippen LogP contribution is -2.50. The van der Waals surface area contributed by atoms with Crippen molar-refractivity contribution in [2.75, 3.05) is 32.9 Å². The molecule has 6 heteroatoms. The Kier molecular flexibility index (Phi) is 4.80. The predicted molar refractivity (Wildman–Crippen MR) is 80.2 cm³/mol. The molecule has 2 fully saturated rings. The van der Waals surface area contributed by atoms with Gasteiger partial charge in [0, 0.05) is 43.3 Å². The van der Waals surface area contributed by atoms with E-state index in [1.807, 2.05) is 0 Å². The molecule has 1 aromatic carbocycles. The number of ether oxygens (including phenoxy) is 2. The van der Waals surface area contributed by atoms with Crippen LogP contribution in [0.1, 0.15) is 25.7 Å². The number of halogens is 2. The van der Waals surface area contributed by atoms with Crippen LogP contribution in [0.25, 0.3) is 0 Å². The molecule has 0 saturated carbocycles. The summed E-state index contributed by atoms with van der Waals surface area (Å²) in [5.41, 5.74) is 0.0666. The van der Waals surface area contributed by atoms with E-state index in [4.69, 9.17) is 9.47 Å². The molecule has 1 unspecified atom stereocenters. The van der Waals surface area contributed by atoms with Crippen LogP contribution in [0.4, 0.5) is 8.78 Å². The average molecular weight is 325 g/mol. The smallest absolute Gasteiger partial charge is 0.260 e. The summed E-state index contributed by atoms with van der Waals surface area (Å²) in [4.78, 5) is 14.1. The van der Waals surface area contributed by atoms with E-state index in [0.29, 0.717) is 19.7 Å². The SMILES string of the molecule is O=C(COc1cc(F)cc(F)c1)N1CCCC2(CCCOC2)C1. The Balaban J connectivity index is 1.57. The van der Waals surface area contributed by atoms with E-state index < -0.39 is 11.6 Å². The third kappa shape index (κ3) is 3.99. The number of hydrogen-bond donors (Lipinski definition) is 0. The fourth-order valence-corrected chi connectivity index (χ4v) is 3.50. The van der Waals surface area contributed by atoms with Crippen molar-refractivity contribution >= 4 is 5.91 Å². The Morgan fingerprint density at radius 2 is 1.96 bits per heavy atom. The molecule has 1 aromatic rings. The molecule has 0 aromatic heterocycles. The normalized spacial score (nSPS) is 24.7. The van der Waals surface area contributed by atoms with Gasteiger partial charge in [0.1, 0.15) is 17.4 Å². The summed E-state index contributed by atoms with van der Waals surface area (Å²) >= 11 is 0. The minimum absolute atomic E-state index is 0.0311. The topological polar surface area (TPSA) is 38.8 Å². The number of nitrogens with zero attached hydrogens (tertiary/aromatic N) is 1. The van der Waals surface area contributed by atoms with Crippen molar-refractivity contribution in [2.24, 2.45) is 5.41 Å². The van der Waals surface area contributed by atoms with Crippen molar-refractivity contribution in [3.8, 4) is 5.75 Å². The van der Waals surface area contributed by atoms with E-state index in [-0.39, 0.29) is 23.7 Å². The first kappa shape index (κ1) is 16.2. The van der Waals surface area contributed by atoms with E-state index in [9.17, 15) is 13.6 Å². The van der Waals surface area contributed by atoms with Crippen molar-refractivity contribution in [1.29, 1.82) is 0 Å². The molecule has 2 aliphatic rings. The molecule has 4 nitrogen and oxygen atoms in total. The second kappa shape index (κ2) is 6.83. The lowest BCUT2D eigenvalue weighted by atomic mass is 9.76. The summed E-state index contributed by atoms with van der Waals surface area (Å²) < 4.78 is 37.1. The van der Waals surface area contributed by atoms with Crippen molar-refractivity contribution in [3.05, 3.63) is 29.8 Å². The van der Waals surface area contributed by atoms with Crippen LogP contribution in [-0.2, 0) is 9.53 Å². The number of carbonyl (C=O) groups excluding carboxylic acids is 1. The van der Waals surface area contributed by atoms with Gasteiger partial charge < -0.3 is 14.4 Å². The molecule has 2 saturated heterocycles. The highest BCUT2D eigenvalue weighted by Gasteiger charge is 2.38. The van der Waals surface area contributed by atoms with Crippen LogP contribution in [0.15, 0.2) is 18.2 Å². The van der Waals surface area contributed by atoms with Gasteiger partial charge in [0.05, 0.1) is 6.61 Å². The number of hydrogen-bond acceptors (Lipinski definition) is 3. The van der Waals surface area contributed by atoms with Crippen LogP contribution in [0.2, 0.25) is 0 Å². The average Bonchev–Trinajstić information content (AvgIpc) is 2.52. The molecule has 23 heavy (non-hydrogen) atoms. The molecule has 2 heterocycles. The number of likely N-dealkylation sites (tertiary alicyclic amines) is 1. The summed E-state index contributed by atoms with van der Waals surface area (Å²) in [5, 5.41) is 0. The second-order valence-electron chi connectivity index (χ2n) is 6.47. The quantitative estimate of drug-likeness (QED) is 0.858. The summed E-state index contributed by atoms with van der Waals surface area (Å²) in [6.07, 6.45) is 4.13. The van der Waals surface area contributed by atoms with Crippen LogP contribution in [-0.4, -0.2) is 43.7 Å². The van der Waals surface area contributed by atoms with Gasteiger partial charge in [-0.1, -0.05) is 0 Å². The Labute approximate surface area is 134 Å². The third-order valence-corrected chi connectivity index (χ3v) is 4.62. The standard InChI is InChI=1S/C17H21F2NO3/c18-13-7-14(19)9-15(8-13)23-10-16(21)20-5-1-3-17(11-20)4-2-6-22-12-17/h7-9H,1-6,10-12H2. The van der Waals surface area contributed by atoms with Crippen LogP contribution < -0.4 is 4.74 Å². The highest BCUT2D eigenvalue weighted by Crippen LogP contribution is 2.37. The minimum atomic E-state index is -0.719. The lowest BCUT2D eigenvalue weighted by molar-refractivity contribution is -0.140. The van der Waals surface area contributed by atoms with Crippen molar-refractivity contribution in [3.63, 3.8) is 0 Å². The molecule has 0 N–H and O–H groups in total. The summed E-state index contributed by atoms with van der Waals surface area (Å²) in [7, 11) is 0. The van der Waals surface area contributed by atoms with Gasteiger partial charge in [-0.15, -0.1) is 0 Å². The van der Waals surface area contributed by atoms with E-state index in [0.717, 1.165) is 50.5 Å². The van der Waals surface area contributed by atoms with Gasteiger partial charge in [0.2, 0.25) is 0 Å². The fourth-order valence-electron chi connectivity index (χ4n) is 3.50. The summed E-state index contributed by atoms with van der Waals surface area (Å²) in [6, 6.07) is 2.91. The molecule has 1 amide bonds. The van der Waals surface area contributed by atoms with Crippen LogP contribution in [0.3, 0.4) is 0 Å². The van der Waals surface area contributed by atoms with E-state index in [1.54, 1.807) is 4.90 Å². The first-order valence-corrected chi connectivity index (χ1v) is 8.01. The maximum atomic E-state index is 13.1. The Morgan fingerprint density at radius 1 is 1.22 bits per heavy atom. The molecule has 0 bridgehead atoms. The van der Waals surface area contributed by atoms with Crippen LogP contribution in [0, 0.1) is 17.0 Å². The number of amides is 1. The Hall–Kier alpha value is -1.69. The monoisotopic (exact) mass is 325 g/mol. The fraction of sp³-hybridized carbons (Fsp3) is 0.588. The first-order chi connectivity index (χ1) is 11.1. The van der Waals surface area contributed by atoms with Gasteiger partial charge in [0.15, 0.2) is 6.61 Å². The molecule has 2 aliphatic heterocycles. The van der Waals surface area contributed by atoms with Gasteiger partial charge in [0.25, 0.3) is 5.91 Å². The summed E-state index contributed by atoms with van der Waals surface area (Å²) in [5.74, 6) is -1.56. The molecule has 3 rings (SSSR count). The molecule has 1 spiro atoms. The number of carbonyl (C=O) groups is 1.